The lowest BCUT2D eigenvalue weighted by Gasteiger charge is -2.46. The number of para-hydroxylation sites is 6. The van der Waals surface area contributed by atoms with Gasteiger partial charge in [0.05, 0.1) is 66.2 Å². The van der Waals surface area contributed by atoms with Crippen molar-refractivity contribution in [2.24, 2.45) is 0 Å². The Morgan fingerprint density at radius 2 is 0.593 bits per heavy atom. The van der Waals surface area contributed by atoms with Crippen LogP contribution in [0.5, 0.6) is 0 Å². The van der Waals surface area contributed by atoms with E-state index in [9.17, 15) is 16.4 Å². The van der Waals surface area contributed by atoms with Gasteiger partial charge in [0.2, 0.25) is 0 Å². The molecule has 0 spiro atoms. The van der Waals surface area contributed by atoms with E-state index in [1.807, 2.05) is 84.9 Å². The average Bonchev–Trinajstić information content (AvgIpc) is 1.53. The lowest BCUT2D eigenvalue weighted by molar-refractivity contribution is 0.590. The zero-order valence-corrected chi connectivity index (χ0v) is 61.7. The van der Waals surface area contributed by atoms with E-state index in [1.54, 1.807) is 9.13 Å². The van der Waals surface area contributed by atoms with Gasteiger partial charge in [0.15, 0.2) is 0 Å². The van der Waals surface area contributed by atoms with Crippen LogP contribution in [-0.4, -0.2) is 15.8 Å². The topological polar surface area (TPSA) is 16.3 Å². The molecule has 0 N–H and O–H groups in total. The van der Waals surface area contributed by atoms with Gasteiger partial charge in [-0.1, -0.05) is 336 Å². The van der Waals surface area contributed by atoms with Crippen molar-refractivity contribution >= 4 is 101 Å². The van der Waals surface area contributed by atoms with Crippen molar-refractivity contribution in [1.82, 2.24) is 9.13 Å². The standard InChI is InChI=1S/C108H75BN4/c1-106(2,3)76-66-103-105-104(67-76)113(96-51-27-19-41-80(96)71-57-61-92-88(65-71)82-43-17-25-49-90(82)108(92,74-36-12-6-13-37-74)75-38-14-7-15-39-75)102-69-78(111-99-54-30-22-46-85(99)86-47-23-31-55-100(86)111)59-63-94(102)109(105)93-62-58-77(110-97-52-28-20-44-83(97)84-45-21-29-53-98(84)110)68-101(93)112(103)95-50-26-18-40-79(95)70-56-60-91-87(64-70)81-42-16-24-48-89(81)107(91,72-32-8-4-9-33-72)73-34-10-5-11-35-73/h4-69H,1-3H3/i20D,21D,22D,23D,28D,29D,30D,31D,44D,45D,46D,47D,52D,53D,54D,55D. The lowest BCUT2D eigenvalue weighted by atomic mass is 9.33. The van der Waals surface area contributed by atoms with E-state index in [0.29, 0.717) is 22.7 Å². The molecule has 2 aromatic heterocycles. The molecule has 0 unspecified atom stereocenters. The maximum Gasteiger partial charge on any atom is 0.252 e. The molecule has 19 aromatic rings. The van der Waals surface area contributed by atoms with Crippen molar-refractivity contribution in [2.45, 2.75) is 37.0 Å². The first-order chi connectivity index (χ1) is 62.4. The highest BCUT2D eigenvalue weighted by atomic mass is 15.2. The summed E-state index contributed by atoms with van der Waals surface area (Å²) in [6.45, 7) is 5.79. The van der Waals surface area contributed by atoms with E-state index < -0.39 is 120 Å². The lowest BCUT2D eigenvalue weighted by Crippen LogP contribution is -2.61. The molecule has 113 heavy (non-hydrogen) atoms. The second-order valence-electron chi connectivity index (χ2n) is 30.9. The van der Waals surface area contributed by atoms with Gasteiger partial charge in [0, 0.05) is 66.8 Å². The predicted molar refractivity (Wildman–Crippen MR) is 473 cm³/mol. The summed E-state index contributed by atoms with van der Waals surface area (Å²) in [5, 5.41) is -0.284. The minimum Gasteiger partial charge on any atom is -0.311 e. The fourth-order valence-corrected chi connectivity index (χ4v) is 19.6. The van der Waals surface area contributed by atoms with Crippen LogP contribution in [0.4, 0.5) is 34.1 Å². The van der Waals surface area contributed by atoms with Crippen LogP contribution >= 0.6 is 0 Å². The van der Waals surface area contributed by atoms with Gasteiger partial charge >= 0.3 is 0 Å². The van der Waals surface area contributed by atoms with Crippen LogP contribution in [0.2, 0.25) is 0 Å². The zero-order chi connectivity index (χ0) is 88.8. The highest BCUT2D eigenvalue weighted by molar-refractivity contribution is 7.00. The number of anilines is 6. The zero-order valence-electron chi connectivity index (χ0n) is 77.7. The SMILES string of the molecule is [2H]c1c([2H])c([2H])c2c(c1[2H])c1c([2H])c([2H])c([2H])c([2H])c1n2-c1ccc2c(c1)N(c1ccccc1-c1ccc3c(c1)-c1ccccc1C3(c1ccccc1)c1ccccc1)c1cc(C(C)(C)C)cc3c1B2c1ccc(-n2c4c([2H])c([2H])c([2H])c([2H])c4c4c([2H])c([2H])c([2H])c([2H])c42)cc1N3c1ccccc1-c1ccc2c(c1)-c1ccccc1C2(c1ccccc1)c1ccccc1. The normalized spacial score (nSPS) is 15.9. The number of nitrogens with zero attached hydrogens (tertiary/aromatic N) is 4. The van der Waals surface area contributed by atoms with Crippen molar-refractivity contribution in [3.63, 3.8) is 0 Å². The van der Waals surface area contributed by atoms with Gasteiger partial charge in [-0.25, -0.2) is 0 Å². The van der Waals surface area contributed by atoms with Crippen molar-refractivity contribution < 1.29 is 21.9 Å². The molecule has 2 aliphatic carbocycles. The Balaban J connectivity index is 0.840. The molecule has 530 valence electrons. The Kier molecular flexibility index (Phi) is 11.1. The highest BCUT2D eigenvalue weighted by Gasteiger charge is 2.50. The monoisotopic (exact) mass is 1450 g/mol. The largest absolute Gasteiger partial charge is 0.311 e. The van der Waals surface area contributed by atoms with Crippen LogP contribution in [0.15, 0.2) is 400 Å². The summed E-state index contributed by atoms with van der Waals surface area (Å²) in [5.74, 6) is 0. The first-order valence-electron chi connectivity index (χ1n) is 46.4. The fraction of sp³-hybridized carbons (Fsp3) is 0.0556. The molecule has 4 nitrogen and oxygen atoms in total. The summed E-state index contributed by atoms with van der Waals surface area (Å²) in [5.41, 5.74) is 22.5. The van der Waals surface area contributed by atoms with E-state index in [4.69, 9.17) is 5.48 Å². The molecular weight excluding hydrogens is 1360 g/mol. The smallest absolute Gasteiger partial charge is 0.252 e. The molecule has 0 amide bonds. The van der Waals surface area contributed by atoms with Crippen molar-refractivity contribution in [3.05, 3.63) is 450 Å². The molecule has 0 atom stereocenters. The summed E-state index contributed by atoms with van der Waals surface area (Å²) in [7, 11) is 0. The third-order valence-electron chi connectivity index (χ3n) is 24.3. The molecule has 0 saturated carbocycles. The van der Waals surface area contributed by atoms with E-state index in [2.05, 4.69) is 249 Å². The van der Waals surface area contributed by atoms with Crippen molar-refractivity contribution in [2.75, 3.05) is 9.80 Å². The van der Waals surface area contributed by atoms with E-state index in [1.165, 1.54) is 0 Å². The third-order valence-corrected chi connectivity index (χ3v) is 24.3. The van der Waals surface area contributed by atoms with E-state index in [0.717, 1.165) is 134 Å². The third kappa shape index (κ3) is 9.28. The predicted octanol–water partition coefficient (Wildman–Crippen LogP) is 25.3. The summed E-state index contributed by atoms with van der Waals surface area (Å²) >= 11 is 0. The first-order valence-corrected chi connectivity index (χ1v) is 38.4. The van der Waals surface area contributed by atoms with Crippen molar-refractivity contribution in [1.29, 1.82) is 0 Å². The molecule has 0 radical (unpaired) electrons. The Morgan fingerprint density at radius 3 is 0.956 bits per heavy atom. The van der Waals surface area contributed by atoms with Crippen molar-refractivity contribution in [3.8, 4) is 55.9 Å². The summed E-state index contributed by atoms with van der Waals surface area (Å²) in [4.78, 5) is 4.59. The van der Waals surface area contributed by atoms with Crippen LogP contribution in [0.3, 0.4) is 0 Å². The van der Waals surface area contributed by atoms with Crippen LogP contribution < -0.4 is 26.2 Å². The maximum atomic E-state index is 9.88. The Morgan fingerprint density at radius 1 is 0.274 bits per heavy atom. The van der Waals surface area contributed by atoms with Crippen LogP contribution in [0.25, 0.3) is 99.5 Å². The summed E-state index contributed by atoms with van der Waals surface area (Å²) in [6.07, 6.45) is 0. The summed E-state index contributed by atoms with van der Waals surface area (Å²) in [6, 6.07) is 98.3. The molecule has 23 rings (SSSR count). The van der Waals surface area contributed by atoms with Gasteiger partial charge in [-0.2, -0.15) is 0 Å². The summed E-state index contributed by atoms with van der Waals surface area (Å²) < 4.78 is 155. The van der Waals surface area contributed by atoms with Gasteiger partial charge < -0.3 is 18.9 Å². The number of aromatic nitrogens is 2. The molecule has 4 heterocycles. The average molecular weight is 1460 g/mol. The van der Waals surface area contributed by atoms with Gasteiger partial charge in [-0.3, -0.25) is 0 Å². The molecule has 17 aromatic carbocycles. The number of hydrogen-bond acceptors (Lipinski definition) is 2. The minimum atomic E-state index is -0.745. The molecule has 2 aliphatic heterocycles. The Labute approximate surface area is 681 Å². The van der Waals surface area contributed by atoms with Gasteiger partial charge in [-0.05, 0) is 190 Å². The second kappa shape index (κ2) is 24.8. The molecule has 0 saturated heterocycles. The highest BCUT2D eigenvalue weighted by Crippen LogP contribution is 2.60. The number of benzene rings is 17. The van der Waals surface area contributed by atoms with E-state index >= 15 is 0 Å². The molecular formula is C108H75BN4. The Bertz CT molecular complexity index is 7450. The van der Waals surface area contributed by atoms with Crippen LogP contribution in [0.1, 0.15) is 92.8 Å². The fourth-order valence-electron chi connectivity index (χ4n) is 19.6. The maximum absolute atomic E-state index is 9.88. The Hall–Kier alpha value is -14.0. The van der Waals surface area contributed by atoms with Crippen LogP contribution in [-0.2, 0) is 16.2 Å². The second-order valence-corrected chi connectivity index (χ2v) is 30.9. The minimum absolute atomic E-state index is 0.0483. The number of fused-ring (bicyclic) bond motifs is 16. The molecule has 5 heteroatoms. The molecule has 0 fully saturated rings. The number of rotatable bonds is 10. The van der Waals surface area contributed by atoms with E-state index in [-0.39, 0.29) is 43.6 Å². The van der Waals surface area contributed by atoms with Crippen LogP contribution in [0, 0.1) is 0 Å². The van der Waals surface area contributed by atoms with Gasteiger partial charge in [0.25, 0.3) is 6.71 Å². The first kappa shape index (κ1) is 50.7. The number of hydrogen-bond donors (Lipinski definition) is 0. The van der Waals surface area contributed by atoms with Gasteiger partial charge in [-0.15, -0.1) is 0 Å². The quantitative estimate of drug-likeness (QED) is 0.127. The molecule has 4 aliphatic rings. The van der Waals surface area contributed by atoms with Gasteiger partial charge in [0.1, 0.15) is 0 Å². The molecule has 0 bridgehead atoms.